The van der Waals surface area contributed by atoms with Crippen molar-refractivity contribution in [2.75, 3.05) is 12.4 Å². The van der Waals surface area contributed by atoms with Crippen LogP contribution >= 0.6 is 23.4 Å². The number of hydrogen-bond donors (Lipinski definition) is 0. The molecule has 0 fully saturated rings. The molecular weight excluding hydrogens is 260 g/mol. The Hall–Kier alpha value is -1.00. The van der Waals surface area contributed by atoms with Gasteiger partial charge < -0.3 is 4.74 Å². The summed E-state index contributed by atoms with van der Waals surface area (Å²) in [7, 11) is 0. The van der Waals surface area contributed by atoms with Crippen LogP contribution in [0, 0.1) is 0 Å². The van der Waals surface area contributed by atoms with Crippen molar-refractivity contribution in [1.29, 1.82) is 0 Å². The Bertz CT molecular complexity index is 406. The van der Waals surface area contributed by atoms with E-state index in [1.54, 1.807) is 19.1 Å². The van der Waals surface area contributed by atoms with Crippen molar-refractivity contribution >= 4 is 35.1 Å². The molecule has 0 spiro atoms. The number of carbonyl (C=O) groups excluding carboxylic acids is 2. The summed E-state index contributed by atoms with van der Waals surface area (Å²) in [6.07, 6.45) is -0.165. The van der Waals surface area contributed by atoms with E-state index >= 15 is 0 Å². The third kappa shape index (κ3) is 5.75. The van der Waals surface area contributed by atoms with Crippen LogP contribution in [0.25, 0.3) is 0 Å². The van der Waals surface area contributed by atoms with Crippen LogP contribution in [-0.2, 0) is 14.3 Å². The lowest BCUT2D eigenvalue weighted by atomic mass is 10.3. The van der Waals surface area contributed by atoms with E-state index in [2.05, 4.69) is 0 Å². The summed E-state index contributed by atoms with van der Waals surface area (Å²) in [6.45, 7) is 2.01. The van der Waals surface area contributed by atoms with Gasteiger partial charge in [-0.3, -0.25) is 9.59 Å². The number of rotatable bonds is 6. The molecular formula is C12H13ClO3S. The van der Waals surface area contributed by atoms with E-state index in [1.165, 1.54) is 11.8 Å². The number of carbonyl (C=O) groups is 2. The van der Waals surface area contributed by atoms with E-state index in [-0.39, 0.29) is 18.0 Å². The maximum absolute atomic E-state index is 11.4. The predicted octanol–water partition coefficient (Wildman–Crippen LogP) is 2.95. The van der Waals surface area contributed by atoms with Crippen molar-refractivity contribution in [3.8, 4) is 0 Å². The number of halogens is 1. The summed E-state index contributed by atoms with van der Waals surface area (Å²) < 4.78 is 4.69. The number of ketones is 1. The second-order valence-corrected chi connectivity index (χ2v) is 4.75. The molecule has 0 aliphatic rings. The molecule has 5 heteroatoms. The van der Waals surface area contributed by atoms with Crippen molar-refractivity contribution in [3.63, 3.8) is 0 Å². The molecule has 92 valence electrons. The van der Waals surface area contributed by atoms with Gasteiger partial charge in [0.1, 0.15) is 6.42 Å². The van der Waals surface area contributed by atoms with Gasteiger partial charge in [0.25, 0.3) is 0 Å². The van der Waals surface area contributed by atoms with Gasteiger partial charge in [0.05, 0.1) is 12.4 Å². The van der Waals surface area contributed by atoms with E-state index in [9.17, 15) is 9.59 Å². The van der Waals surface area contributed by atoms with E-state index in [0.29, 0.717) is 11.6 Å². The number of thioether (sulfide) groups is 1. The molecule has 0 bridgehead atoms. The molecule has 0 radical (unpaired) electrons. The molecule has 0 aromatic heterocycles. The van der Waals surface area contributed by atoms with Gasteiger partial charge in [-0.05, 0) is 25.1 Å². The van der Waals surface area contributed by atoms with Gasteiger partial charge in [-0.25, -0.2) is 0 Å². The summed E-state index contributed by atoms with van der Waals surface area (Å²) in [5.41, 5.74) is 0. The van der Waals surface area contributed by atoms with Crippen molar-refractivity contribution in [3.05, 3.63) is 29.3 Å². The average molecular weight is 273 g/mol. The SMILES string of the molecule is CCOC(=O)CC(=O)CSc1cccc(Cl)c1. The zero-order chi connectivity index (χ0) is 12.7. The van der Waals surface area contributed by atoms with Crippen molar-refractivity contribution in [2.24, 2.45) is 0 Å². The lowest BCUT2D eigenvalue weighted by Gasteiger charge is -2.02. The number of Topliss-reactive ketones (excluding diaryl/α,β-unsaturated/α-hetero) is 1. The van der Waals surface area contributed by atoms with E-state index in [0.717, 1.165) is 4.90 Å². The highest BCUT2D eigenvalue weighted by Gasteiger charge is 2.10. The molecule has 0 atom stereocenters. The van der Waals surface area contributed by atoms with Gasteiger partial charge in [-0.2, -0.15) is 0 Å². The van der Waals surface area contributed by atoms with Gasteiger partial charge in [0, 0.05) is 9.92 Å². The highest BCUT2D eigenvalue weighted by molar-refractivity contribution is 8.00. The van der Waals surface area contributed by atoms with Crippen molar-refractivity contribution < 1.29 is 14.3 Å². The minimum atomic E-state index is -0.468. The standard InChI is InChI=1S/C12H13ClO3S/c1-2-16-12(15)7-10(14)8-17-11-5-3-4-9(13)6-11/h3-6H,2,7-8H2,1H3. The van der Waals surface area contributed by atoms with Crippen LogP contribution in [0.3, 0.4) is 0 Å². The summed E-state index contributed by atoms with van der Waals surface area (Å²) in [6, 6.07) is 7.24. The second-order valence-electron chi connectivity index (χ2n) is 3.27. The highest BCUT2D eigenvalue weighted by Crippen LogP contribution is 2.21. The molecule has 0 aliphatic heterocycles. The van der Waals surface area contributed by atoms with Gasteiger partial charge in [0.2, 0.25) is 0 Å². The van der Waals surface area contributed by atoms with Crippen LogP contribution in [-0.4, -0.2) is 24.1 Å². The molecule has 1 rings (SSSR count). The minimum Gasteiger partial charge on any atom is -0.466 e. The van der Waals surface area contributed by atoms with Crippen molar-refractivity contribution in [2.45, 2.75) is 18.2 Å². The Morgan fingerprint density at radius 2 is 2.18 bits per heavy atom. The van der Waals surface area contributed by atoms with Crippen LogP contribution in [0.4, 0.5) is 0 Å². The fourth-order valence-corrected chi connectivity index (χ4v) is 2.21. The first-order chi connectivity index (χ1) is 8.11. The Labute approximate surface area is 109 Å². The lowest BCUT2D eigenvalue weighted by molar-refractivity contribution is -0.145. The van der Waals surface area contributed by atoms with E-state index in [1.807, 2.05) is 12.1 Å². The fourth-order valence-electron chi connectivity index (χ4n) is 1.14. The number of ether oxygens (including phenoxy) is 1. The largest absolute Gasteiger partial charge is 0.466 e. The third-order valence-electron chi connectivity index (χ3n) is 1.84. The third-order valence-corrected chi connectivity index (χ3v) is 3.13. The lowest BCUT2D eigenvalue weighted by Crippen LogP contribution is -2.12. The van der Waals surface area contributed by atoms with Gasteiger partial charge in [-0.15, -0.1) is 11.8 Å². The molecule has 0 amide bonds. The number of esters is 1. The van der Waals surface area contributed by atoms with Crippen LogP contribution in [0.1, 0.15) is 13.3 Å². The van der Waals surface area contributed by atoms with Gasteiger partial charge >= 0.3 is 5.97 Å². The molecule has 3 nitrogen and oxygen atoms in total. The maximum atomic E-state index is 11.4. The number of hydrogen-bond acceptors (Lipinski definition) is 4. The topological polar surface area (TPSA) is 43.4 Å². The summed E-state index contributed by atoms with van der Waals surface area (Å²) >= 11 is 7.17. The Balaban J connectivity index is 2.35. The Kier molecular flexibility index (Phi) is 6.08. The summed E-state index contributed by atoms with van der Waals surface area (Å²) in [5, 5.41) is 0.632. The first-order valence-electron chi connectivity index (χ1n) is 5.17. The maximum Gasteiger partial charge on any atom is 0.313 e. The molecule has 0 unspecified atom stereocenters. The molecule has 1 aromatic carbocycles. The normalized spacial score (nSPS) is 10.0. The molecule has 0 heterocycles. The van der Waals surface area contributed by atoms with Gasteiger partial charge in [0.15, 0.2) is 5.78 Å². The zero-order valence-corrected chi connectivity index (χ0v) is 11.0. The quantitative estimate of drug-likeness (QED) is 0.454. The number of benzene rings is 1. The van der Waals surface area contributed by atoms with Crippen LogP contribution in [0.5, 0.6) is 0 Å². The highest BCUT2D eigenvalue weighted by atomic mass is 35.5. The second kappa shape index (κ2) is 7.35. The smallest absolute Gasteiger partial charge is 0.313 e. The predicted molar refractivity (Wildman–Crippen MR) is 68.4 cm³/mol. The molecule has 0 aliphatic carbocycles. The van der Waals surface area contributed by atoms with Crippen LogP contribution in [0.2, 0.25) is 5.02 Å². The zero-order valence-electron chi connectivity index (χ0n) is 9.44. The van der Waals surface area contributed by atoms with Gasteiger partial charge in [-0.1, -0.05) is 17.7 Å². The minimum absolute atomic E-state index is 0.145. The van der Waals surface area contributed by atoms with Crippen molar-refractivity contribution in [1.82, 2.24) is 0 Å². The molecule has 0 saturated heterocycles. The van der Waals surface area contributed by atoms with E-state index in [4.69, 9.17) is 16.3 Å². The average Bonchev–Trinajstić information content (AvgIpc) is 2.27. The van der Waals surface area contributed by atoms with E-state index < -0.39 is 5.97 Å². The Morgan fingerprint density at radius 3 is 2.82 bits per heavy atom. The summed E-state index contributed by atoms with van der Waals surface area (Å²) in [5.74, 6) is -0.364. The first-order valence-corrected chi connectivity index (χ1v) is 6.54. The summed E-state index contributed by atoms with van der Waals surface area (Å²) in [4.78, 5) is 23.4. The Morgan fingerprint density at radius 1 is 1.41 bits per heavy atom. The van der Waals surface area contributed by atoms with Crippen LogP contribution in [0.15, 0.2) is 29.2 Å². The molecule has 0 N–H and O–H groups in total. The van der Waals surface area contributed by atoms with Crippen LogP contribution < -0.4 is 0 Å². The molecule has 1 aromatic rings. The molecule has 0 saturated carbocycles. The monoisotopic (exact) mass is 272 g/mol. The first kappa shape index (κ1) is 14.1. The molecule has 17 heavy (non-hydrogen) atoms. The fraction of sp³-hybridized carbons (Fsp3) is 0.333.